The highest BCUT2D eigenvalue weighted by atomic mass is 35.5. The van der Waals surface area contributed by atoms with E-state index in [1.54, 1.807) is 0 Å². The van der Waals surface area contributed by atoms with Crippen molar-refractivity contribution in [2.24, 2.45) is 5.73 Å². The van der Waals surface area contributed by atoms with Gasteiger partial charge in [-0.1, -0.05) is 18.2 Å². The molecule has 3 heterocycles. The number of primary amides is 1. The molecule has 0 aliphatic carbocycles. The van der Waals surface area contributed by atoms with Gasteiger partial charge in [-0.05, 0) is 29.8 Å². The molecule has 2 amide bonds. The summed E-state index contributed by atoms with van der Waals surface area (Å²) in [7, 11) is 0. The van der Waals surface area contributed by atoms with Crippen LogP contribution in [-0.4, -0.2) is 57.3 Å². The molecule has 0 saturated carbocycles. The highest BCUT2D eigenvalue weighted by molar-refractivity contribution is 6.29. The molecule has 0 radical (unpaired) electrons. The first-order valence-electron chi connectivity index (χ1n) is 8.42. The third-order valence-corrected chi connectivity index (χ3v) is 4.55. The van der Waals surface area contributed by atoms with Crippen molar-refractivity contribution in [1.82, 2.24) is 19.9 Å². The summed E-state index contributed by atoms with van der Waals surface area (Å²) in [6.07, 6.45) is -0.693. The standard InChI is InChI=1S/C18H16ClF2N5O3/c1-2-16(27)26-13(6-29-7-14(26)17(20)21)9-3-11(25-15(19)4-9)10-5-12(18(22)28)24-8-23-10/h2-5,8,13-14,17H,1,6-7H2,(H2,22,28)/t13-,14-/m0/s1. The van der Waals surface area contributed by atoms with Gasteiger partial charge < -0.3 is 15.4 Å². The summed E-state index contributed by atoms with van der Waals surface area (Å²) in [6.45, 7) is 3.08. The number of aromatic nitrogens is 3. The lowest BCUT2D eigenvalue weighted by atomic mass is 10.0. The maximum absolute atomic E-state index is 13.5. The molecule has 0 bridgehead atoms. The minimum absolute atomic E-state index is 0.0150. The lowest BCUT2D eigenvalue weighted by Gasteiger charge is -2.41. The lowest BCUT2D eigenvalue weighted by molar-refractivity contribution is -0.151. The Kier molecular flexibility index (Phi) is 6.14. The van der Waals surface area contributed by atoms with Crippen LogP contribution in [0.15, 0.2) is 37.2 Å². The van der Waals surface area contributed by atoms with E-state index in [4.69, 9.17) is 22.1 Å². The normalized spacial score (nSPS) is 19.2. The van der Waals surface area contributed by atoms with Crippen molar-refractivity contribution in [3.05, 3.63) is 53.6 Å². The molecule has 1 fully saturated rings. The van der Waals surface area contributed by atoms with Gasteiger partial charge in [0, 0.05) is 0 Å². The van der Waals surface area contributed by atoms with E-state index in [-0.39, 0.29) is 35.4 Å². The average molecular weight is 424 g/mol. The summed E-state index contributed by atoms with van der Waals surface area (Å²) >= 11 is 6.12. The molecule has 1 aliphatic rings. The molecule has 8 nitrogen and oxygen atoms in total. The quantitative estimate of drug-likeness (QED) is 0.581. The molecule has 2 N–H and O–H groups in total. The van der Waals surface area contributed by atoms with Crippen LogP contribution in [0, 0.1) is 0 Å². The Morgan fingerprint density at radius 1 is 1.28 bits per heavy atom. The fourth-order valence-electron chi connectivity index (χ4n) is 3.04. The van der Waals surface area contributed by atoms with Gasteiger partial charge in [0.2, 0.25) is 5.91 Å². The molecular formula is C18H16ClF2N5O3. The van der Waals surface area contributed by atoms with Crippen LogP contribution in [0.4, 0.5) is 8.78 Å². The van der Waals surface area contributed by atoms with Crippen molar-refractivity contribution in [1.29, 1.82) is 0 Å². The van der Waals surface area contributed by atoms with E-state index in [2.05, 4.69) is 21.5 Å². The summed E-state index contributed by atoms with van der Waals surface area (Å²) in [4.78, 5) is 36.7. The molecule has 2 atom stereocenters. The van der Waals surface area contributed by atoms with E-state index in [9.17, 15) is 18.4 Å². The molecule has 3 rings (SSSR count). The Hall–Kier alpha value is -2.98. The van der Waals surface area contributed by atoms with Crippen molar-refractivity contribution >= 4 is 23.4 Å². The monoisotopic (exact) mass is 423 g/mol. The Balaban J connectivity index is 2.06. The predicted molar refractivity (Wildman–Crippen MR) is 99.2 cm³/mol. The van der Waals surface area contributed by atoms with Crippen molar-refractivity contribution in [2.45, 2.75) is 18.5 Å². The number of nitrogens with two attached hydrogens (primary N) is 1. The van der Waals surface area contributed by atoms with Crippen molar-refractivity contribution in [2.75, 3.05) is 13.2 Å². The molecule has 2 aromatic heterocycles. The van der Waals surface area contributed by atoms with Crippen LogP contribution in [0.2, 0.25) is 5.15 Å². The number of hydrogen-bond acceptors (Lipinski definition) is 6. The molecule has 152 valence electrons. The molecular weight excluding hydrogens is 408 g/mol. The van der Waals surface area contributed by atoms with Crippen LogP contribution in [0.1, 0.15) is 22.1 Å². The maximum atomic E-state index is 13.5. The molecule has 11 heteroatoms. The number of nitrogens with zero attached hydrogens (tertiary/aromatic N) is 4. The molecule has 0 aromatic carbocycles. The zero-order valence-electron chi connectivity index (χ0n) is 15.0. The number of amides is 2. The minimum Gasteiger partial charge on any atom is -0.377 e. The second-order valence-electron chi connectivity index (χ2n) is 6.17. The summed E-state index contributed by atoms with van der Waals surface area (Å²) in [5, 5.41) is 0.0434. The van der Waals surface area contributed by atoms with Crippen LogP contribution in [0.3, 0.4) is 0 Å². The largest absolute Gasteiger partial charge is 0.377 e. The number of carbonyl (C=O) groups excluding carboxylic acids is 2. The summed E-state index contributed by atoms with van der Waals surface area (Å²) in [5.41, 5.74) is 6.12. The molecule has 29 heavy (non-hydrogen) atoms. The van der Waals surface area contributed by atoms with Crippen LogP contribution in [0.25, 0.3) is 11.4 Å². The van der Waals surface area contributed by atoms with Crippen LogP contribution in [-0.2, 0) is 9.53 Å². The molecule has 1 aliphatic heterocycles. The maximum Gasteiger partial charge on any atom is 0.267 e. The van der Waals surface area contributed by atoms with Gasteiger partial charge in [0.05, 0.1) is 30.6 Å². The fourth-order valence-corrected chi connectivity index (χ4v) is 3.26. The van der Waals surface area contributed by atoms with E-state index in [1.807, 2.05) is 0 Å². The zero-order chi connectivity index (χ0) is 21.1. The first-order chi connectivity index (χ1) is 13.8. The highest BCUT2D eigenvalue weighted by Gasteiger charge is 2.40. The number of ether oxygens (including phenoxy) is 1. The van der Waals surface area contributed by atoms with E-state index in [0.717, 1.165) is 17.3 Å². The minimum atomic E-state index is -2.81. The number of morpholine rings is 1. The third kappa shape index (κ3) is 4.38. The van der Waals surface area contributed by atoms with Crippen LogP contribution < -0.4 is 5.73 Å². The number of pyridine rings is 1. The van der Waals surface area contributed by atoms with Gasteiger partial charge in [-0.15, -0.1) is 0 Å². The smallest absolute Gasteiger partial charge is 0.267 e. The number of rotatable bonds is 5. The fraction of sp³-hybridized carbons (Fsp3) is 0.278. The van der Waals surface area contributed by atoms with E-state index in [0.29, 0.717) is 5.56 Å². The summed E-state index contributed by atoms with van der Waals surface area (Å²) in [6, 6.07) is 2.04. The Morgan fingerprint density at radius 2 is 2.03 bits per heavy atom. The first kappa shape index (κ1) is 20.7. The topological polar surface area (TPSA) is 111 Å². The Morgan fingerprint density at radius 3 is 2.69 bits per heavy atom. The van der Waals surface area contributed by atoms with Gasteiger partial charge in [-0.2, -0.15) is 0 Å². The van der Waals surface area contributed by atoms with Crippen LogP contribution in [0.5, 0.6) is 0 Å². The Bertz CT molecular complexity index is 959. The number of halogens is 3. The van der Waals surface area contributed by atoms with E-state index < -0.39 is 30.3 Å². The number of hydrogen-bond donors (Lipinski definition) is 1. The van der Waals surface area contributed by atoms with Crippen LogP contribution >= 0.6 is 11.6 Å². The first-order valence-corrected chi connectivity index (χ1v) is 8.80. The van der Waals surface area contributed by atoms with Gasteiger partial charge in [0.1, 0.15) is 23.2 Å². The predicted octanol–water partition coefficient (Wildman–Crippen LogP) is 2.01. The average Bonchev–Trinajstić information content (AvgIpc) is 2.72. The van der Waals surface area contributed by atoms with Gasteiger partial charge in [-0.25, -0.2) is 23.7 Å². The Labute approximate surface area is 169 Å². The van der Waals surface area contributed by atoms with Gasteiger partial charge in [-0.3, -0.25) is 9.59 Å². The second-order valence-corrected chi connectivity index (χ2v) is 6.55. The van der Waals surface area contributed by atoms with Crippen molar-refractivity contribution < 1.29 is 23.1 Å². The van der Waals surface area contributed by atoms with Gasteiger partial charge >= 0.3 is 0 Å². The SMILES string of the molecule is C=CC(=O)N1[C@H](c2cc(Cl)nc(-c3cc(C(N)=O)ncn3)c2)COC[C@H]1C(F)F. The van der Waals surface area contributed by atoms with Gasteiger partial charge in [0.15, 0.2) is 0 Å². The second kappa shape index (κ2) is 8.58. The highest BCUT2D eigenvalue weighted by Crippen LogP contribution is 2.33. The lowest BCUT2D eigenvalue weighted by Crippen LogP contribution is -2.53. The van der Waals surface area contributed by atoms with Crippen molar-refractivity contribution in [3.8, 4) is 11.4 Å². The third-order valence-electron chi connectivity index (χ3n) is 4.36. The molecule has 2 aromatic rings. The number of carbonyl (C=O) groups is 2. The summed E-state index contributed by atoms with van der Waals surface area (Å²) < 4.78 is 32.3. The molecule has 0 spiro atoms. The van der Waals surface area contributed by atoms with Crippen molar-refractivity contribution in [3.63, 3.8) is 0 Å². The van der Waals surface area contributed by atoms with E-state index >= 15 is 0 Å². The molecule has 1 saturated heterocycles. The molecule has 0 unspecified atom stereocenters. The van der Waals surface area contributed by atoms with Gasteiger partial charge in [0.25, 0.3) is 12.3 Å². The van der Waals surface area contributed by atoms with E-state index in [1.165, 1.54) is 18.2 Å². The zero-order valence-corrected chi connectivity index (χ0v) is 15.7. The number of alkyl halides is 2. The summed E-state index contributed by atoms with van der Waals surface area (Å²) in [5.74, 6) is -1.41.